The van der Waals surface area contributed by atoms with Gasteiger partial charge in [-0.2, -0.15) is 0 Å². The van der Waals surface area contributed by atoms with Crippen molar-refractivity contribution < 1.29 is 0 Å². The van der Waals surface area contributed by atoms with Crippen LogP contribution in [0.2, 0.25) is 0 Å². The van der Waals surface area contributed by atoms with Crippen LogP contribution in [0.15, 0.2) is 0 Å². The minimum absolute atomic E-state index is 0.371. The van der Waals surface area contributed by atoms with E-state index in [1.165, 1.54) is 32.1 Å². The minimum Gasteiger partial charge on any atom is -0.293 e. The lowest BCUT2D eigenvalue weighted by Gasteiger charge is -2.42. The van der Waals surface area contributed by atoms with E-state index in [-0.39, 0.29) is 0 Å². The lowest BCUT2D eigenvalue weighted by Crippen LogP contribution is -2.49. The average molecular weight is 195 g/mol. The molecule has 1 unspecified atom stereocenters. The molecular weight excluding hydrogens is 170 g/mol. The quantitative estimate of drug-likeness (QED) is 0.572. The molecule has 0 radical (unpaired) electrons. The second kappa shape index (κ2) is 3.52. The van der Waals surface area contributed by atoms with Gasteiger partial charge >= 0.3 is 0 Å². The molecule has 1 saturated carbocycles. The summed E-state index contributed by atoms with van der Waals surface area (Å²) < 4.78 is 0. The highest BCUT2D eigenvalue weighted by molar-refractivity contribution is 4.98. The Labute approximate surface area is 88.9 Å². The molecule has 2 aliphatic rings. The van der Waals surface area contributed by atoms with Gasteiger partial charge in [-0.1, -0.05) is 12.8 Å². The predicted molar refractivity (Wildman–Crippen MR) is 61.4 cm³/mol. The maximum atomic E-state index is 2.79. The molecule has 2 fully saturated rings. The van der Waals surface area contributed by atoms with E-state index in [0.717, 1.165) is 18.0 Å². The van der Waals surface area contributed by atoms with Crippen molar-refractivity contribution in [3.8, 4) is 0 Å². The van der Waals surface area contributed by atoms with Gasteiger partial charge in [0.05, 0.1) is 0 Å². The summed E-state index contributed by atoms with van der Waals surface area (Å²) in [7, 11) is 0. The molecule has 1 aliphatic heterocycles. The Morgan fingerprint density at radius 2 is 1.71 bits per heavy atom. The van der Waals surface area contributed by atoms with Crippen LogP contribution >= 0.6 is 0 Å². The van der Waals surface area contributed by atoms with E-state index < -0.39 is 0 Å². The van der Waals surface area contributed by atoms with Gasteiger partial charge in [-0.05, 0) is 52.9 Å². The third kappa shape index (κ3) is 1.71. The zero-order valence-corrected chi connectivity index (χ0v) is 10.2. The van der Waals surface area contributed by atoms with Crippen LogP contribution in [0.1, 0.15) is 59.8 Å². The maximum Gasteiger partial charge on any atom is 0.0132 e. The molecule has 0 amide bonds. The summed E-state index contributed by atoms with van der Waals surface area (Å²) in [4.78, 5) is 2.79. The fraction of sp³-hybridized carbons (Fsp3) is 1.00. The minimum atomic E-state index is 0.371. The van der Waals surface area contributed by atoms with Crippen LogP contribution in [0.5, 0.6) is 0 Å². The molecule has 14 heavy (non-hydrogen) atoms. The highest BCUT2D eigenvalue weighted by atomic mass is 15.3. The van der Waals surface area contributed by atoms with Crippen molar-refractivity contribution in [1.82, 2.24) is 4.90 Å². The van der Waals surface area contributed by atoms with E-state index in [9.17, 15) is 0 Å². The zero-order chi connectivity index (χ0) is 10.3. The lowest BCUT2D eigenvalue weighted by atomic mass is 9.84. The summed E-state index contributed by atoms with van der Waals surface area (Å²) in [6.07, 6.45) is 7.32. The van der Waals surface area contributed by atoms with E-state index in [4.69, 9.17) is 0 Å². The Kier molecular flexibility index (Phi) is 2.63. The van der Waals surface area contributed by atoms with Crippen LogP contribution in [0.3, 0.4) is 0 Å². The summed E-state index contributed by atoms with van der Waals surface area (Å²) in [6.45, 7) is 9.55. The summed E-state index contributed by atoms with van der Waals surface area (Å²) in [6, 6.07) is 1.71. The van der Waals surface area contributed by atoms with Gasteiger partial charge in [0.15, 0.2) is 0 Å². The summed E-state index contributed by atoms with van der Waals surface area (Å²) >= 11 is 0. The Balaban J connectivity index is 2.15. The highest BCUT2D eigenvalue weighted by Crippen LogP contribution is 2.42. The summed E-state index contributed by atoms with van der Waals surface area (Å²) in [5.41, 5.74) is 0.371. The number of hydrogen-bond donors (Lipinski definition) is 0. The fourth-order valence-corrected chi connectivity index (χ4v) is 3.87. The number of hydrogen-bond acceptors (Lipinski definition) is 1. The first-order chi connectivity index (χ1) is 6.50. The van der Waals surface area contributed by atoms with E-state index in [2.05, 4.69) is 32.6 Å². The monoisotopic (exact) mass is 195 g/mol. The smallest absolute Gasteiger partial charge is 0.0132 e. The largest absolute Gasteiger partial charge is 0.293 e. The summed E-state index contributed by atoms with van der Waals surface area (Å²) in [5.74, 6) is 1.01. The molecule has 3 atom stereocenters. The lowest BCUT2D eigenvalue weighted by molar-refractivity contribution is 0.0600. The van der Waals surface area contributed by atoms with Crippen molar-refractivity contribution in [2.45, 2.75) is 77.4 Å². The molecule has 0 spiro atoms. The van der Waals surface area contributed by atoms with Crippen LogP contribution in [0.4, 0.5) is 0 Å². The van der Waals surface area contributed by atoms with Crippen molar-refractivity contribution in [2.75, 3.05) is 0 Å². The van der Waals surface area contributed by atoms with Crippen LogP contribution in [0, 0.1) is 5.92 Å². The van der Waals surface area contributed by atoms with Crippen LogP contribution < -0.4 is 0 Å². The van der Waals surface area contributed by atoms with Gasteiger partial charge in [-0.25, -0.2) is 0 Å². The molecule has 1 aliphatic carbocycles. The first kappa shape index (κ1) is 10.5. The van der Waals surface area contributed by atoms with Crippen molar-refractivity contribution >= 4 is 0 Å². The Hall–Kier alpha value is -0.0400. The second-order valence-corrected chi connectivity index (χ2v) is 6.27. The molecule has 1 heteroatoms. The van der Waals surface area contributed by atoms with Gasteiger partial charge in [0.1, 0.15) is 0 Å². The normalized spacial score (nSPS) is 39.9. The second-order valence-electron chi connectivity index (χ2n) is 6.27. The Morgan fingerprint density at radius 3 is 2.36 bits per heavy atom. The van der Waals surface area contributed by atoms with E-state index in [0.29, 0.717) is 5.54 Å². The van der Waals surface area contributed by atoms with E-state index in [1.807, 2.05) is 0 Å². The molecular formula is C13H25N. The predicted octanol–water partition coefficient (Wildman–Crippen LogP) is 3.44. The molecule has 2 rings (SSSR count). The molecule has 0 aromatic carbocycles. The van der Waals surface area contributed by atoms with Gasteiger partial charge < -0.3 is 0 Å². The molecule has 1 nitrogen and oxygen atoms in total. The van der Waals surface area contributed by atoms with E-state index >= 15 is 0 Å². The van der Waals surface area contributed by atoms with Gasteiger partial charge in [-0.3, -0.25) is 4.90 Å². The van der Waals surface area contributed by atoms with Crippen molar-refractivity contribution in [3.63, 3.8) is 0 Å². The number of likely N-dealkylation sites (tertiary alicyclic amines) is 1. The van der Waals surface area contributed by atoms with Crippen molar-refractivity contribution in [2.24, 2.45) is 5.92 Å². The first-order valence-corrected chi connectivity index (χ1v) is 6.28. The third-order valence-electron chi connectivity index (χ3n) is 4.12. The third-order valence-corrected chi connectivity index (χ3v) is 4.12. The van der Waals surface area contributed by atoms with Crippen molar-refractivity contribution in [1.29, 1.82) is 0 Å². The Morgan fingerprint density at radius 1 is 1.07 bits per heavy atom. The number of fused-ring (bicyclic) bond motifs is 1. The number of rotatable bonds is 0. The van der Waals surface area contributed by atoms with Crippen LogP contribution in [0.25, 0.3) is 0 Å². The molecule has 1 saturated heterocycles. The van der Waals surface area contributed by atoms with Crippen molar-refractivity contribution in [3.05, 3.63) is 0 Å². The topological polar surface area (TPSA) is 3.24 Å². The van der Waals surface area contributed by atoms with Gasteiger partial charge in [0.2, 0.25) is 0 Å². The first-order valence-electron chi connectivity index (χ1n) is 6.28. The SMILES string of the molecule is CC1C[C@H]2CCCC[C@H]2N1C(C)(C)C. The molecule has 0 bridgehead atoms. The fourth-order valence-electron chi connectivity index (χ4n) is 3.87. The highest BCUT2D eigenvalue weighted by Gasteiger charge is 2.44. The zero-order valence-electron chi connectivity index (χ0n) is 10.2. The molecule has 1 heterocycles. The van der Waals surface area contributed by atoms with Gasteiger partial charge in [0.25, 0.3) is 0 Å². The van der Waals surface area contributed by atoms with Gasteiger partial charge in [0, 0.05) is 17.6 Å². The van der Waals surface area contributed by atoms with Crippen LogP contribution in [-0.2, 0) is 0 Å². The summed E-state index contributed by atoms with van der Waals surface area (Å²) in [5, 5.41) is 0. The van der Waals surface area contributed by atoms with Gasteiger partial charge in [-0.15, -0.1) is 0 Å². The average Bonchev–Trinajstić information content (AvgIpc) is 2.38. The molecule has 0 N–H and O–H groups in total. The maximum absolute atomic E-state index is 2.79. The molecule has 0 aromatic heterocycles. The molecule has 0 aromatic rings. The van der Waals surface area contributed by atoms with Crippen LogP contribution in [-0.4, -0.2) is 22.5 Å². The standard InChI is InChI=1S/C13H25N/c1-10-9-11-7-5-6-8-12(11)14(10)13(2,3)4/h10-12H,5-9H2,1-4H3/t10?,11-,12-/m1/s1. The van der Waals surface area contributed by atoms with E-state index in [1.54, 1.807) is 0 Å². The number of nitrogens with zero attached hydrogens (tertiary/aromatic N) is 1. The Bertz CT molecular complexity index is 204. The molecule has 82 valence electrons.